The molecule has 1 saturated carbocycles. The minimum atomic E-state index is -3.04. The van der Waals surface area contributed by atoms with Gasteiger partial charge in [-0.2, -0.15) is 0 Å². The molecule has 1 aliphatic heterocycles. The van der Waals surface area contributed by atoms with Gasteiger partial charge in [0, 0.05) is 74.0 Å². The topological polar surface area (TPSA) is 144 Å². The number of piperidine rings is 1. The minimum absolute atomic E-state index is 0.0159. The van der Waals surface area contributed by atoms with E-state index in [-0.39, 0.29) is 35.7 Å². The van der Waals surface area contributed by atoms with E-state index in [2.05, 4.69) is 15.3 Å². The van der Waals surface area contributed by atoms with E-state index in [9.17, 15) is 18.0 Å². The highest BCUT2D eigenvalue weighted by Gasteiger charge is 2.32. The average Bonchev–Trinajstić information content (AvgIpc) is 3.44. The molecular formula is C31H41N5O6S. The van der Waals surface area contributed by atoms with Crippen LogP contribution in [0.1, 0.15) is 58.3 Å². The van der Waals surface area contributed by atoms with E-state index >= 15 is 0 Å². The highest BCUT2D eigenvalue weighted by Crippen LogP contribution is 2.35. The quantitative estimate of drug-likeness (QED) is 0.239. The van der Waals surface area contributed by atoms with E-state index in [0.29, 0.717) is 57.1 Å². The maximum absolute atomic E-state index is 13.2. The number of hydrogen-bond acceptors (Lipinski definition) is 9. The van der Waals surface area contributed by atoms with Gasteiger partial charge in [-0.15, -0.1) is 0 Å². The molecule has 0 bridgehead atoms. The van der Waals surface area contributed by atoms with Crippen LogP contribution in [0.4, 0.5) is 5.95 Å². The third-order valence-electron chi connectivity index (χ3n) is 8.27. The summed E-state index contributed by atoms with van der Waals surface area (Å²) in [5.74, 6) is 1.34. The lowest BCUT2D eigenvalue weighted by Crippen LogP contribution is -2.45. The Morgan fingerprint density at radius 2 is 1.86 bits per heavy atom. The van der Waals surface area contributed by atoms with E-state index in [4.69, 9.17) is 14.5 Å². The number of sulfone groups is 1. The van der Waals surface area contributed by atoms with Crippen LogP contribution in [0.15, 0.2) is 36.7 Å². The molecule has 3 aromatic rings. The second-order valence-corrected chi connectivity index (χ2v) is 13.8. The lowest BCUT2D eigenvalue weighted by atomic mass is 9.85. The Hall–Kier alpha value is -3.67. The maximum Gasteiger partial charge on any atom is 0.305 e. The van der Waals surface area contributed by atoms with Gasteiger partial charge in [0.05, 0.1) is 23.4 Å². The van der Waals surface area contributed by atoms with Gasteiger partial charge in [0.25, 0.3) is 0 Å². The van der Waals surface area contributed by atoms with Crippen molar-refractivity contribution < 1.29 is 27.5 Å². The van der Waals surface area contributed by atoms with Crippen LogP contribution in [0.25, 0.3) is 22.2 Å². The number of nitrogens with zero attached hydrogens (tertiary/aromatic N) is 3. The van der Waals surface area contributed by atoms with Crippen molar-refractivity contribution in [3.8, 4) is 17.0 Å². The second-order valence-electron chi connectivity index (χ2n) is 11.5. The monoisotopic (exact) mass is 611 g/mol. The van der Waals surface area contributed by atoms with Crippen molar-refractivity contribution in [2.75, 3.05) is 37.0 Å². The molecule has 1 amide bonds. The number of carbonyl (C=O) groups excluding carboxylic acids is 2. The summed E-state index contributed by atoms with van der Waals surface area (Å²) in [6.45, 7) is 3.37. The summed E-state index contributed by atoms with van der Waals surface area (Å²) in [5.41, 5.74) is 2.52. The third-order valence-corrected chi connectivity index (χ3v) is 9.30. The van der Waals surface area contributed by atoms with E-state index in [1.54, 1.807) is 13.1 Å². The van der Waals surface area contributed by atoms with Gasteiger partial charge in [0.2, 0.25) is 11.9 Å². The van der Waals surface area contributed by atoms with Gasteiger partial charge in [-0.1, -0.05) is 13.0 Å². The average molecular weight is 612 g/mol. The van der Waals surface area contributed by atoms with Crippen LogP contribution in [0, 0.1) is 5.92 Å². The van der Waals surface area contributed by atoms with Crippen molar-refractivity contribution in [1.29, 1.82) is 0 Å². The van der Waals surface area contributed by atoms with Crippen LogP contribution < -0.4 is 10.1 Å². The zero-order valence-electron chi connectivity index (χ0n) is 24.9. The van der Waals surface area contributed by atoms with E-state index < -0.39 is 9.84 Å². The second kappa shape index (κ2) is 13.7. The maximum atomic E-state index is 13.2. The molecule has 1 aliphatic carbocycles. The SMILES string of the molecule is CCC(=O)OC1CCN(C(=O)C2CCC(Nc3nccc(-c4c[nH]c5cccc(OCCCS(C)(=O)=O)c45)n3)CC2)CC1. The van der Waals surface area contributed by atoms with Crippen molar-refractivity contribution in [3.63, 3.8) is 0 Å². The molecule has 0 spiro atoms. The van der Waals surface area contributed by atoms with Crippen LogP contribution in [-0.2, 0) is 24.2 Å². The predicted molar refractivity (Wildman–Crippen MR) is 165 cm³/mol. The third kappa shape index (κ3) is 8.04. The first-order valence-electron chi connectivity index (χ1n) is 15.2. The first-order valence-corrected chi connectivity index (χ1v) is 17.2. The Kier molecular flexibility index (Phi) is 9.84. The molecule has 1 saturated heterocycles. The fourth-order valence-electron chi connectivity index (χ4n) is 5.94. The van der Waals surface area contributed by atoms with E-state index in [0.717, 1.165) is 47.8 Å². The summed E-state index contributed by atoms with van der Waals surface area (Å²) in [6, 6.07) is 7.77. The summed E-state index contributed by atoms with van der Waals surface area (Å²) >= 11 is 0. The Balaban J connectivity index is 1.16. The number of hydrogen-bond donors (Lipinski definition) is 2. The van der Waals surface area contributed by atoms with Crippen molar-refractivity contribution in [3.05, 3.63) is 36.7 Å². The molecule has 0 radical (unpaired) electrons. The van der Waals surface area contributed by atoms with Gasteiger partial charge in [0.15, 0.2) is 0 Å². The highest BCUT2D eigenvalue weighted by atomic mass is 32.2. The zero-order valence-corrected chi connectivity index (χ0v) is 25.7. The Morgan fingerprint density at radius 3 is 2.58 bits per heavy atom. The largest absolute Gasteiger partial charge is 0.493 e. The molecule has 2 aliphatic rings. The predicted octanol–water partition coefficient (Wildman–Crippen LogP) is 4.35. The number of aromatic amines is 1. The lowest BCUT2D eigenvalue weighted by Gasteiger charge is -2.36. The first-order chi connectivity index (χ1) is 20.7. The molecule has 232 valence electrons. The minimum Gasteiger partial charge on any atom is -0.493 e. The van der Waals surface area contributed by atoms with Crippen LogP contribution in [0.5, 0.6) is 5.75 Å². The molecule has 3 heterocycles. The molecule has 2 N–H and O–H groups in total. The standard InChI is InChI=1S/C31H41N5O6S/c1-3-28(37)42-23-13-16-36(17-14-23)30(38)21-8-10-22(11-9-21)34-31-32-15-12-25(35-31)24-20-33-26-6-4-7-27(29(24)26)41-18-5-19-43(2,39)40/h4,6-7,12,15,20-23,33H,3,5,8-11,13-14,16-19H2,1-2H3,(H,32,34,35). The Labute approximate surface area is 252 Å². The number of benzene rings is 1. The molecule has 0 atom stereocenters. The number of aromatic nitrogens is 3. The van der Waals surface area contributed by atoms with Crippen LogP contribution in [0.2, 0.25) is 0 Å². The number of anilines is 1. The Morgan fingerprint density at radius 1 is 1.09 bits per heavy atom. The van der Waals surface area contributed by atoms with Gasteiger partial charge in [-0.05, 0) is 50.3 Å². The van der Waals surface area contributed by atoms with Crippen molar-refractivity contribution in [2.45, 2.75) is 70.4 Å². The summed E-state index contributed by atoms with van der Waals surface area (Å²) in [5, 5.41) is 4.36. The van der Waals surface area contributed by atoms with Gasteiger partial charge in [0.1, 0.15) is 21.7 Å². The number of rotatable bonds is 11. The van der Waals surface area contributed by atoms with Crippen molar-refractivity contribution in [2.24, 2.45) is 5.92 Å². The summed E-state index contributed by atoms with van der Waals surface area (Å²) in [4.78, 5) is 39.2. The number of ether oxygens (including phenoxy) is 2. The van der Waals surface area contributed by atoms with Gasteiger partial charge in [-0.3, -0.25) is 9.59 Å². The number of amides is 1. The fourth-order valence-corrected chi connectivity index (χ4v) is 6.59. The molecule has 11 nitrogen and oxygen atoms in total. The Bertz CT molecular complexity index is 1520. The number of esters is 1. The number of H-pyrrole nitrogens is 1. The van der Waals surface area contributed by atoms with Crippen molar-refractivity contribution in [1.82, 2.24) is 19.9 Å². The highest BCUT2D eigenvalue weighted by molar-refractivity contribution is 7.90. The molecule has 1 aromatic carbocycles. The lowest BCUT2D eigenvalue weighted by molar-refractivity contribution is -0.152. The molecule has 43 heavy (non-hydrogen) atoms. The summed E-state index contributed by atoms with van der Waals surface area (Å²) < 4.78 is 34.4. The van der Waals surface area contributed by atoms with Gasteiger partial charge in [-0.25, -0.2) is 18.4 Å². The van der Waals surface area contributed by atoms with Crippen molar-refractivity contribution >= 4 is 38.6 Å². The van der Waals surface area contributed by atoms with Gasteiger partial charge < -0.3 is 24.7 Å². The van der Waals surface area contributed by atoms with Crippen LogP contribution in [-0.4, -0.2) is 84.0 Å². The van der Waals surface area contributed by atoms with Crippen LogP contribution in [0.3, 0.4) is 0 Å². The normalized spacial score (nSPS) is 19.7. The zero-order chi connectivity index (χ0) is 30.4. The summed E-state index contributed by atoms with van der Waals surface area (Å²) in [7, 11) is -3.04. The molecule has 0 unspecified atom stereocenters. The number of carbonyl (C=O) groups is 2. The molecular weight excluding hydrogens is 570 g/mol. The molecule has 2 fully saturated rings. The smallest absolute Gasteiger partial charge is 0.305 e. The molecule has 12 heteroatoms. The van der Waals surface area contributed by atoms with E-state index in [1.807, 2.05) is 35.4 Å². The molecule has 2 aromatic heterocycles. The first kappa shape index (κ1) is 30.8. The van der Waals surface area contributed by atoms with Crippen LogP contribution >= 0.6 is 0 Å². The number of fused-ring (bicyclic) bond motifs is 1. The summed E-state index contributed by atoms with van der Waals surface area (Å²) in [6.07, 6.45) is 10.3. The molecule has 5 rings (SSSR count). The number of nitrogens with one attached hydrogen (secondary N) is 2. The number of likely N-dealkylation sites (tertiary alicyclic amines) is 1. The fraction of sp³-hybridized carbons (Fsp3) is 0.548. The van der Waals surface area contributed by atoms with E-state index in [1.165, 1.54) is 6.26 Å². The van der Waals surface area contributed by atoms with Gasteiger partial charge >= 0.3 is 5.97 Å².